The van der Waals surface area contributed by atoms with E-state index in [1.54, 1.807) is 6.07 Å². The monoisotopic (exact) mass is 267 g/mol. The van der Waals surface area contributed by atoms with Crippen LogP contribution in [0.1, 0.15) is 19.4 Å². The van der Waals surface area contributed by atoms with Crippen LogP contribution in [0.3, 0.4) is 0 Å². The van der Waals surface area contributed by atoms with Gasteiger partial charge in [0.05, 0.1) is 18.2 Å². The van der Waals surface area contributed by atoms with Crippen LogP contribution >= 0.6 is 0 Å². The number of hydrogen-bond acceptors (Lipinski definition) is 3. The van der Waals surface area contributed by atoms with E-state index in [0.717, 1.165) is 12.1 Å². The molecule has 0 saturated heterocycles. The van der Waals surface area contributed by atoms with E-state index in [9.17, 15) is 13.6 Å². The summed E-state index contributed by atoms with van der Waals surface area (Å²) >= 11 is 0. The first-order valence-electron chi connectivity index (χ1n) is 5.83. The quantitative estimate of drug-likeness (QED) is 0.857. The summed E-state index contributed by atoms with van der Waals surface area (Å²) in [5, 5.41) is 13.5. The predicted molar refractivity (Wildman–Crippen MR) is 67.4 cm³/mol. The fourth-order valence-electron chi connectivity index (χ4n) is 1.36. The number of nitrogens with zero attached hydrogens (tertiary/aromatic N) is 1. The highest BCUT2D eigenvalue weighted by atomic mass is 19.1. The number of amides is 1. The van der Waals surface area contributed by atoms with Gasteiger partial charge in [-0.15, -0.1) is 0 Å². The molecular weight excluding hydrogens is 252 g/mol. The van der Waals surface area contributed by atoms with E-state index in [1.807, 2.05) is 13.8 Å². The Morgan fingerprint density at radius 3 is 2.42 bits per heavy atom. The lowest BCUT2D eigenvalue weighted by Crippen LogP contribution is -2.32. The molecule has 0 aliphatic rings. The Kier molecular flexibility index (Phi) is 5.24. The molecule has 2 N–H and O–H groups in total. The number of hydrogen-bond donors (Lipinski definition) is 2. The van der Waals surface area contributed by atoms with Gasteiger partial charge in [-0.3, -0.25) is 4.79 Å². The molecule has 0 radical (unpaired) electrons. The largest absolute Gasteiger partial charge is 0.371 e. The molecule has 0 atom stereocenters. The zero-order valence-corrected chi connectivity index (χ0v) is 10.8. The molecule has 6 heteroatoms. The van der Waals surface area contributed by atoms with Crippen molar-refractivity contribution in [2.75, 3.05) is 18.4 Å². The zero-order valence-electron chi connectivity index (χ0n) is 10.8. The molecule has 0 aliphatic heterocycles. The van der Waals surface area contributed by atoms with E-state index in [-0.39, 0.29) is 18.0 Å². The fraction of sp³-hybridized carbons (Fsp3) is 0.385. The van der Waals surface area contributed by atoms with Gasteiger partial charge in [-0.1, -0.05) is 13.8 Å². The van der Waals surface area contributed by atoms with Gasteiger partial charge in [0.15, 0.2) is 11.6 Å². The normalized spacial score (nSPS) is 10.1. The summed E-state index contributed by atoms with van der Waals surface area (Å²) in [6.07, 6.45) is 0. The van der Waals surface area contributed by atoms with Gasteiger partial charge < -0.3 is 10.6 Å². The van der Waals surface area contributed by atoms with E-state index in [2.05, 4.69) is 10.6 Å². The molecule has 102 valence electrons. The third kappa shape index (κ3) is 4.54. The van der Waals surface area contributed by atoms with Crippen LogP contribution in [0.15, 0.2) is 12.1 Å². The highest BCUT2D eigenvalue weighted by molar-refractivity contribution is 5.80. The number of nitriles is 1. The maximum absolute atomic E-state index is 13.5. The van der Waals surface area contributed by atoms with Crippen LogP contribution in [0.5, 0.6) is 0 Å². The lowest BCUT2D eigenvalue weighted by molar-refractivity contribution is -0.119. The Hall–Kier alpha value is -2.16. The van der Waals surface area contributed by atoms with E-state index in [0.29, 0.717) is 12.5 Å². The van der Waals surface area contributed by atoms with Crippen LogP contribution < -0.4 is 10.6 Å². The van der Waals surface area contributed by atoms with E-state index >= 15 is 0 Å². The Balaban J connectivity index is 2.64. The highest BCUT2D eigenvalue weighted by Crippen LogP contribution is 2.20. The lowest BCUT2D eigenvalue weighted by atomic mass is 10.2. The Morgan fingerprint density at radius 2 is 1.95 bits per heavy atom. The summed E-state index contributed by atoms with van der Waals surface area (Å²) in [5.41, 5.74) is -0.511. The second kappa shape index (κ2) is 6.69. The van der Waals surface area contributed by atoms with Gasteiger partial charge in [0, 0.05) is 6.54 Å². The van der Waals surface area contributed by atoms with Gasteiger partial charge in [0.25, 0.3) is 0 Å². The smallest absolute Gasteiger partial charge is 0.239 e. The fourth-order valence-corrected chi connectivity index (χ4v) is 1.36. The number of carbonyl (C=O) groups is 1. The van der Waals surface area contributed by atoms with Crippen molar-refractivity contribution in [1.82, 2.24) is 5.32 Å². The summed E-state index contributed by atoms with van der Waals surface area (Å²) in [5.74, 6) is -1.84. The molecule has 0 spiro atoms. The van der Waals surface area contributed by atoms with Gasteiger partial charge in [-0.25, -0.2) is 8.78 Å². The molecule has 1 aromatic rings. The van der Waals surface area contributed by atoms with E-state index in [1.165, 1.54) is 0 Å². The summed E-state index contributed by atoms with van der Waals surface area (Å²) < 4.78 is 27.0. The zero-order chi connectivity index (χ0) is 14.4. The molecule has 0 heterocycles. The average molecular weight is 267 g/mol. The van der Waals surface area contributed by atoms with Crippen LogP contribution in [0.25, 0.3) is 0 Å². The van der Waals surface area contributed by atoms with Crippen molar-refractivity contribution in [2.45, 2.75) is 13.8 Å². The molecular formula is C13H15F2N3O. The van der Waals surface area contributed by atoms with Gasteiger partial charge in [-0.05, 0) is 18.1 Å². The third-order valence-electron chi connectivity index (χ3n) is 2.30. The van der Waals surface area contributed by atoms with Crippen molar-refractivity contribution in [1.29, 1.82) is 5.26 Å². The second-order valence-corrected chi connectivity index (χ2v) is 4.48. The summed E-state index contributed by atoms with van der Waals surface area (Å²) in [7, 11) is 0. The molecule has 1 rings (SSSR count). The van der Waals surface area contributed by atoms with Gasteiger partial charge in [0.1, 0.15) is 5.69 Å². The number of benzene rings is 1. The molecule has 0 unspecified atom stereocenters. The number of halogens is 2. The molecule has 4 nitrogen and oxygen atoms in total. The molecule has 19 heavy (non-hydrogen) atoms. The first kappa shape index (κ1) is 14.9. The molecule has 1 amide bonds. The minimum Gasteiger partial charge on any atom is -0.371 e. The maximum atomic E-state index is 13.5. The Labute approximate surface area is 110 Å². The predicted octanol–water partition coefficient (Wildman–Crippen LogP) is 2.02. The van der Waals surface area contributed by atoms with E-state index in [4.69, 9.17) is 5.26 Å². The topological polar surface area (TPSA) is 64.9 Å². The number of rotatable bonds is 5. The third-order valence-corrected chi connectivity index (χ3v) is 2.30. The van der Waals surface area contributed by atoms with Crippen LogP contribution in [-0.2, 0) is 4.79 Å². The first-order valence-corrected chi connectivity index (χ1v) is 5.83. The number of anilines is 1. The lowest BCUT2D eigenvalue weighted by Gasteiger charge is -2.10. The number of nitrogens with one attached hydrogen (secondary N) is 2. The summed E-state index contributed by atoms with van der Waals surface area (Å²) in [4.78, 5) is 11.4. The molecule has 0 fully saturated rings. The van der Waals surface area contributed by atoms with Gasteiger partial charge in [-0.2, -0.15) is 5.26 Å². The summed E-state index contributed by atoms with van der Waals surface area (Å²) in [6.45, 7) is 4.15. The van der Waals surface area contributed by atoms with E-state index < -0.39 is 17.3 Å². The first-order chi connectivity index (χ1) is 8.93. The van der Waals surface area contributed by atoms with Crippen LogP contribution in [-0.4, -0.2) is 19.0 Å². The van der Waals surface area contributed by atoms with Crippen molar-refractivity contribution in [2.24, 2.45) is 5.92 Å². The van der Waals surface area contributed by atoms with Crippen molar-refractivity contribution in [3.05, 3.63) is 29.3 Å². The van der Waals surface area contributed by atoms with Crippen molar-refractivity contribution in [3.8, 4) is 6.07 Å². The Morgan fingerprint density at radius 1 is 1.37 bits per heavy atom. The van der Waals surface area contributed by atoms with Gasteiger partial charge in [0.2, 0.25) is 5.91 Å². The SMILES string of the molecule is CC(C)CNC(=O)CNc1c(F)cc(C#N)cc1F. The molecule has 0 aliphatic carbocycles. The standard InChI is InChI=1S/C13H15F2N3O/c1-8(2)6-17-12(19)7-18-13-10(14)3-9(5-16)4-11(13)15/h3-4,8,18H,6-7H2,1-2H3,(H,17,19). The van der Waals surface area contributed by atoms with Gasteiger partial charge >= 0.3 is 0 Å². The van der Waals surface area contributed by atoms with Crippen molar-refractivity contribution < 1.29 is 13.6 Å². The van der Waals surface area contributed by atoms with Crippen LogP contribution in [0.2, 0.25) is 0 Å². The van der Waals surface area contributed by atoms with Crippen molar-refractivity contribution in [3.63, 3.8) is 0 Å². The molecule has 1 aromatic carbocycles. The second-order valence-electron chi connectivity index (χ2n) is 4.48. The number of carbonyl (C=O) groups excluding carboxylic acids is 1. The molecule has 0 saturated carbocycles. The highest BCUT2D eigenvalue weighted by Gasteiger charge is 2.12. The molecule has 0 bridgehead atoms. The average Bonchev–Trinajstić information content (AvgIpc) is 2.34. The maximum Gasteiger partial charge on any atom is 0.239 e. The minimum atomic E-state index is -0.895. The van der Waals surface area contributed by atoms with Crippen LogP contribution in [0.4, 0.5) is 14.5 Å². The Bertz CT molecular complexity index is 486. The van der Waals surface area contributed by atoms with Crippen LogP contribution in [0, 0.1) is 28.9 Å². The minimum absolute atomic E-state index is 0.107. The molecule has 0 aromatic heterocycles. The summed E-state index contributed by atoms with van der Waals surface area (Å²) in [6, 6.07) is 3.47. The van der Waals surface area contributed by atoms with Crippen molar-refractivity contribution >= 4 is 11.6 Å².